The number of unbranched alkanes of at least 4 members (excludes halogenated alkanes) is 1. The van der Waals surface area contributed by atoms with E-state index in [1.165, 1.54) is 0 Å². The molecule has 0 bridgehead atoms. The highest BCUT2D eigenvalue weighted by atomic mass is 79.9. The molecule has 1 amide bonds. The minimum atomic E-state index is -0.426. The smallest absolute Gasteiger partial charge is 0.266 e. The van der Waals surface area contributed by atoms with Crippen molar-refractivity contribution in [1.29, 1.82) is 0 Å². The highest BCUT2D eigenvalue weighted by Gasteiger charge is 2.27. The first-order valence-electron chi connectivity index (χ1n) is 11.1. The SMILES string of the molecule is CCCCN(C(=O)CC)C(C)c1nc2ccccc2c(=O)n1-c1cc(OC)cc(OC)c1Br. The molecule has 0 aliphatic carbocycles. The molecule has 0 aliphatic rings. The molecule has 33 heavy (non-hydrogen) atoms. The van der Waals surface area contributed by atoms with Crippen LogP contribution < -0.4 is 15.0 Å². The van der Waals surface area contributed by atoms with Gasteiger partial charge in [-0.25, -0.2) is 4.98 Å². The van der Waals surface area contributed by atoms with Crippen LogP contribution in [0.2, 0.25) is 0 Å². The van der Waals surface area contributed by atoms with E-state index in [1.54, 1.807) is 37.0 Å². The number of rotatable bonds is 9. The minimum absolute atomic E-state index is 0.0206. The van der Waals surface area contributed by atoms with Gasteiger partial charge in [-0.2, -0.15) is 0 Å². The van der Waals surface area contributed by atoms with E-state index in [0.717, 1.165) is 12.8 Å². The summed E-state index contributed by atoms with van der Waals surface area (Å²) >= 11 is 3.60. The van der Waals surface area contributed by atoms with Crippen LogP contribution in [-0.2, 0) is 4.79 Å². The Morgan fingerprint density at radius 2 is 1.91 bits per heavy atom. The zero-order chi connectivity index (χ0) is 24.1. The Morgan fingerprint density at radius 1 is 1.18 bits per heavy atom. The van der Waals surface area contributed by atoms with Gasteiger partial charge in [0.25, 0.3) is 5.56 Å². The summed E-state index contributed by atoms with van der Waals surface area (Å²) in [5.41, 5.74) is 0.902. The number of fused-ring (bicyclic) bond motifs is 1. The largest absolute Gasteiger partial charge is 0.497 e. The third-order valence-electron chi connectivity index (χ3n) is 5.71. The van der Waals surface area contributed by atoms with Crippen molar-refractivity contribution in [2.45, 2.75) is 46.1 Å². The molecule has 1 heterocycles. The molecule has 1 aromatic heterocycles. The maximum absolute atomic E-state index is 13.8. The molecule has 3 aromatic rings. The van der Waals surface area contributed by atoms with Gasteiger partial charge in [0.15, 0.2) is 0 Å². The van der Waals surface area contributed by atoms with Gasteiger partial charge in [-0.1, -0.05) is 32.4 Å². The van der Waals surface area contributed by atoms with Crippen molar-refractivity contribution in [3.05, 3.63) is 57.0 Å². The summed E-state index contributed by atoms with van der Waals surface area (Å²) in [5.74, 6) is 1.56. The number of ether oxygens (including phenoxy) is 2. The maximum atomic E-state index is 13.8. The van der Waals surface area contributed by atoms with Crippen molar-refractivity contribution in [2.75, 3.05) is 20.8 Å². The van der Waals surface area contributed by atoms with Crippen LogP contribution in [0.25, 0.3) is 16.6 Å². The van der Waals surface area contributed by atoms with E-state index in [2.05, 4.69) is 22.9 Å². The van der Waals surface area contributed by atoms with Gasteiger partial charge in [-0.15, -0.1) is 0 Å². The van der Waals surface area contributed by atoms with E-state index >= 15 is 0 Å². The molecule has 0 aliphatic heterocycles. The van der Waals surface area contributed by atoms with Crippen molar-refractivity contribution in [3.8, 4) is 17.2 Å². The highest BCUT2D eigenvalue weighted by Crippen LogP contribution is 2.37. The molecule has 1 unspecified atom stereocenters. The van der Waals surface area contributed by atoms with Crippen LogP contribution in [0.1, 0.15) is 51.9 Å². The van der Waals surface area contributed by atoms with E-state index in [1.807, 2.05) is 36.9 Å². The van der Waals surface area contributed by atoms with Crippen molar-refractivity contribution < 1.29 is 14.3 Å². The van der Waals surface area contributed by atoms with Crippen LogP contribution in [0.15, 0.2) is 45.7 Å². The first kappa shape index (κ1) is 24.8. The van der Waals surface area contributed by atoms with Gasteiger partial charge in [0, 0.05) is 25.1 Å². The number of methoxy groups -OCH3 is 2. The van der Waals surface area contributed by atoms with Crippen LogP contribution >= 0.6 is 15.9 Å². The lowest BCUT2D eigenvalue weighted by Gasteiger charge is -2.30. The van der Waals surface area contributed by atoms with Gasteiger partial charge in [-0.05, 0) is 41.4 Å². The van der Waals surface area contributed by atoms with Crippen LogP contribution in [-0.4, -0.2) is 41.1 Å². The van der Waals surface area contributed by atoms with Gasteiger partial charge < -0.3 is 14.4 Å². The van der Waals surface area contributed by atoms with Gasteiger partial charge in [-0.3, -0.25) is 14.2 Å². The number of halogens is 1. The normalized spacial score (nSPS) is 11.9. The number of para-hydroxylation sites is 1. The highest BCUT2D eigenvalue weighted by molar-refractivity contribution is 9.10. The molecule has 8 heteroatoms. The van der Waals surface area contributed by atoms with Crippen molar-refractivity contribution in [3.63, 3.8) is 0 Å². The number of nitrogens with zero attached hydrogens (tertiary/aromatic N) is 3. The number of carbonyl (C=O) groups is 1. The second-order valence-electron chi connectivity index (χ2n) is 7.76. The summed E-state index contributed by atoms with van der Waals surface area (Å²) in [6.07, 6.45) is 2.20. The molecule has 1 atom stereocenters. The van der Waals surface area contributed by atoms with E-state index in [4.69, 9.17) is 14.5 Å². The quantitative estimate of drug-likeness (QED) is 0.388. The number of hydrogen-bond donors (Lipinski definition) is 0. The Balaban J connectivity index is 2.36. The van der Waals surface area contributed by atoms with E-state index in [0.29, 0.717) is 51.4 Å². The van der Waals surface area contributed by atoms with Crippen LogP contribution in [0, 0.1) is 0 Å². The Bertz CT molecular complexity index is 1210. The van der Waals surface area contributed by atoms with Crippen molar-refractivity contribution in [1.82, 2.24) is 14.5 Å². The number of amides is 1. The molecular weight excluding hydrogens is 486 g/mol. The minimum Gasteiger partial charge on any atom is -0.497 e. The van der Waals surface area contributed by atoms with Crippen LogP contribution in [0.4, 0.5) is 0 Å². The fraction of sp³-hybridized carbons (Fsp3) is 0.400. The summed E-state index contributed by atoms with van der Waals surface area (Å²) < 4.78 is 13.1. The third-order valence-corrected chi connectivity index (χ3v) is 6.51. The van der Waals surface area contributed by atoms with E-state index in [9.17, 15) is 9.59 Å². The molecule has 0 fully saturated rings. The van der Waals surface area contributed by atoms with Gasteiger partial charge >= 0.3 is 0 Å². The number of hydrogen-bond acceptors (Lipinski definition) is 5. The molecule has 0 saturated heterocycles. The Kier molecular flexibility index (Phi) is 8.13. The van der Waals surface area contributed by atoms with E-state index < -0.39 is 6.04 Å². The average Bonchev–Trinajstić information content (AvgIpc) is 2.84. The molecule has 7 nitrogen and oxygen atoms in total. The monoisotopic (exact) mass is 515 g/mol. The van der Waals surface area contributed by atoms with Crippen molar-refractivity contribution in [2.24, 2.45) is 0 Å². The summed E-state index contributed by atoms with van der Waals surface area (Å²) in [4.78, 5) is 33.3. The lowest BCUT2D eigenvalue weighted by Crippen LogP contribution is -2.37. The molecule has 3 rings (SSSR count). The summed E-state index contributed by atoms with van der Waals surface area (Å²) in [7, 11) is 3.12. The first-order valence-corrected chi connectivity index (χ1v) is 11.9. The molecule has 176 valence electrons. The van der Waals surface area contributed by atoms with Gasteiger partial charge in [0.1, 0.15) is 17.3 Å². The fourth-order valence-electron chi connectivity index (χ4n) is 3.86. The standard InChI is InChI=1S/C25H30BrN3O4/c1-6-8-13-28(22(30)7-2)16(3)24-27-19-12-10-9-11-18(19)25(31)29(24)20-14-17(32-4)15-21(33-5)23(20)26/h9-12,14-16H,6-8,13H2,1-5H3. The number of benzene rings is 2. The Morgan fingerprint density at radius 3 is 2.55 bits per heavy atom. The predicted molar refractivity (Wildman–Crippen MR) is 133 cm³/mol. The summed E-state index contributed by atoms with van der Waals surface area (Å²) in [6, 6.07) is 10.3. The molecule has 0 N–H and O–H groups in total. The molecule has 0 saturated carbocycles. The van der Waals surface area contributed by atoms with E-state index in [-0.39, 0.29) is 11.5 Å². The zero-order valence-electron chi connectivity index (χ0n) is 19.7. The number of aromatic nitrogens is 2. The predicted octanol–water partition coefficient (Wildman–Crippen LogP) is 5.27. The van der Waals surface area contributed by atoms with Crippen molar-refractivity contribution >= 4 is 32.7 Å². The summed E-state index contributed by atoms with van der Waals surface area (Å²) in [5, 5.41) is 0.490. The Labute approximate surface area is 202 Å². The fourth-order valence-corrected chi connectivity index (χ4v) is 4.42. The Hall–Kier alpha value is -2.87. The topological polar surface area (TPSA) is 73.7 Å². The van der Waals surface area contributed by atoms with Crippen LogP contribution in [0.3, 0.4) is 0 Å². The third kappa shape index (κ3) is 4.90. The molecular formula is C25H30BrN3O4. The number of carbonyl (C=O) groups excluding carboxylic acids is 1. The second kappa shape index (κ2) is 10.8. The summed E-state index contributed by atoms with van der Waals surface area (Å²) in [6.45, 7) is 6.44. The molecule has 2 aromatic carbocycles. The average molecular weight is 516 g/mol. The molecule has 0 spiro atoms. The second-order valence-corrected chi connectivity index (χ2v) is 8.55. The van der Waals surface area contributed by atoms with Gasteiger partial charge in [0.2, 0.25) is 5.91 Å². The van der Waals surface area contributed by atoms with Crippen LogP contribution in [0.5, 0.6) is 11.5 Å². The molecule has 0 radical (unpaired) electrons. The maximum Gasteiger partial charge on any atom is 0.266 e. The lowest BCUT2D eigenvalue weighted by atomic mass is 10.1. The van der Waals surface area contributed by atoms with Gasteiger partial charge in [0.05, 0.1) is 41.3 Å². The lowest BCUT2D eigenvalue weighted by molar-refractivity contribution is -0.133. The first-order chi connectivity index (χ1) is 15.9. The zero-order valence-corrected chi connectivity index (χ0v) is 21.3.